The quantitative estimate of drug-likeness (QED) is 0.427. The Labute approximate surface area is 108 Å². The second-order valence-corrected chi connectivity index (χ2v) is 5.68. The van der Waals surface area contributed by atoms with Gasteiger partial charge in [-0.2, -0.15) is 24.9 Å². The molecule has 0 rings (SSSR count). The number of alkyl halides is 3. The fourth-order valence-electron chi connectivity index (χ4n) is 1.64. The van der Waals surface area contributed by atoms with Gasteiger partial charge < -0.3 is 0 Å². The first-order valence-electron chi connectivity index (χ1n) is 6.70. The summed E-state index contributed by atoms with van der Waals surface area (Å²) >= 11 is 1.66. The Kier molecular flexibility index (Phi) is 11.3. The van der Waals surface area contributed by atoms with Crippen LogP contribution in [0.1, 0.15) is 64.7 Å². The highest BCUT2D eigenvalue weighted by molar-refractivity contribution is 7.99. The SMILES string of the molecule is CCCCCCCCCSCCCC(F)(F)F. The number of hydrogen-bond acceptors (Lipinski definition) is 1. The summed E-state index contributed by atoms with van der Waals surface area (Å²) in [6.45, 7) is 2.21. The van der Waals surface area contributed by atoms with Crippen molar-refractivity contribution in [1.82, 2.24) is 0 Å². The maximum Gasteiger partial charge on any atom is 0.389 e. The fraction of sp³-hybridized carbons (Fsp3) is 1.00. The van der Waals surface area contributed by atoms with Crippen LogP contribution in [-0.2, 0) is 0 Å². The molecule has 0 heterocycles. The first-order valence-corrected chi connectivity index (χ1v) is 7.86. The van der Waals surface area contributed by atoms with Crippen molar-refractivity contribution in [3.05, 3.63) is 0 Å². The van der Waals surface area contributed by atoms with E-state index in [-0.39, 0.29) is 6.42 Å². The minimum atomic E-state index is -3.97. The lowest BCUT2D eigenvalue weighted by Gasteiger charge is -2.05. The summed E-state index contributed by atoms with van der Waals surface area (Å²) < 4.78 is 35.5. The topological polar surface area (TPSA) is 0 Å². The number of unbranched alkanes of at least 4 members (excludes halogenated alkanes) is 6. The summed E-state index contributed by atoms with van der Waals surface area (Å²) in [5.41, 5.74) is 0. The molecule has 0 N–H and O–H groups in total. The first kappa shape index (κ1) is 17.1. The molecular weight excluding hydrogens is 245 g/mol. The zero-order valence-corrected chi connectivity index (χ0v) is 11.6. The van der Waals surface area contributed by atoms with Crippen LogP contribution in [0.2, 0.25) is 0 Å². The van der Waals surface area contributed by atoms with Gasteiger partial charge in [-0.05, 0) is 24.3 Å². The molecule has 0 radical (unpaired) electrons. The molecule has 0 aliphatic rings. The van der Waals surface area contributed by atoms with Gasteiger partial charge >= 0.3 is 6.18 Å². The smallest absolute Gasteiger partial charge is 0.171 e. The van der Waals surface area contributed by atoms with E-state index in [0.717, 1.165) is 12.2 Å². The molecule has 0 aliphatic carbocycles. The van der Waals surface area contributed by atoms with Crippen molar-refractivity contribution >= 4 is 11.8 Å². The molecule has 0 unspecified atom stereocenters. The Morgan fingerprint density at radius 2 is 1.29 bits per heavy atom. The van der Waals surface area contributed by atoms with Gasteiger partial charge in [0, 0.05) is 6.42 Å². The highest BCUT2D eigenvalue weighted by atomic mass is 32.2. The van der Waals surface area contributed by atoms with Crippen LogP contribution in [0, 0.1) is 0 Å². The lowest BCUT2D eigenvalue weighted by atomic mass is 10.1. The Morgan fingerprint density at radius 1 is 0.765 bits per heavy atom. The number of thioether (sulfide) groups is 1. The third-order valence-electron chi connectivity index (χ3n) is 2.64. The van der Waals surface area contributed by atoms with E-state index in [1.165, 1.54) is 38.5 Å². The third kappa shape index (κ3) is 16.1. The maximum atomic E-state index is 11.8. The van der Waals surface area contributed by atoms with Gasteiger partial charge in [0.1, 0.15) is 0 Å². The molecule has 104 valence electrons. The lowest BCUT2D eigenvalue weighted by Crippen LogP contribution is -2.07. The molecule has 0 amide bonds. The second kappa shape index (κ2) is 11.2. The average Bonchev–Trinajstić information content (AvgIpc) is 2.24. The molecule has 0 aliphatic heterocycles. The molecule has 0 fully saturated rings. The van der Waals surface area contributed by atoms with Crippen molar-refractivity contribution in [3.63, 3.8) is 0 Å². The monoisotopic (exact) mass is 270 g/mol. The van der Waals surface area contributed by atoms with Gasteiger partial charge in [-0.15, -0.1) is 0 Å². The van der Waals surface area contributed by atoms with Crippen molar-refractivity contribution < 1.29 is 13.2 Å². The number of hydrogen-bond donors (Lipinski definition) is 0. The Balaban J connectivity index is 2.99. The van der Waals surface area contributed by atoms with E-state index in [1.54, 1.807) is 11.8 Å². The summed E-state index contributed by atoms with van der Waals surface area (Å²) in [6, 6.07) is 0. The molecule has 4 heteroatoms. The predicted octanol–water partition coefficient (Wildman–Crippen LogP) is 5.81. The molecule has 0 aromatic heterocycles. The van der Waals surface area contributed by atoms with Crippen LogP contribution in [0.15, 0.2) is 0 Å². The summed E-state index contributed by atoms with van der Waals surface area (Å²) in [5, 5.41) is 0. The van der Waals surface area contributed by atoms with Gasteiger partial charge in [-0.1, -0.05) is 45.4 Å². The van der Waals surface area contributed by atoms with E-state index in [1.807, 2.05) is 0 Å². The van der Waals surface area contributed by atoms with Crippen LogP contribution >= 0.6 is 11.8 Å². The fourth-order valence-corrected chi connectivity index (χ4v) is 2.60. The Hall–Kier alpha value is 0.140. The van der Waals surface area contributed by atoms with Crippen molar-refractivity contribution in [3.8, 4) is 0 Å². The van der Waals surface area contributed by atoms with E-state index in [0.29, 0.717) is 5.75 Å². The molecule has 0 saturated heterocycles. The molecule has 0 aromatic carbocycles. The molecule has 0 bridgehead atoms. The highest BCUT2D eigenvalue weighted by Gasteiger charge is 2.25. The van der Waals surface area contributed by atoms with E-state index < -0.39 is 12.6 Å². The molecular formula is C13H25F3S. The molecule has 0 nitrogen and oxygen atoms in total. The Morgan fingerprint density at radius 3 is 1.88 bits per heavy atom. The maximum absolute atomic E-state index is 11.8. The van der Waals surface area contributed by atoms with Crippen molar-refractivity contribution in [2.24, 2.45) is 0 Å². The van der Waals surface area contributed by atoms with Crippen LogP contribution in [0.4, 0.5) is 13.2 Å². The summed E-state index contributed by atoms with van der Waals surface area (Å²) in [6.07, 6.45) is 4.58. The minimum Gasteiger partial charge on any atom is -0.171 e. The predicted molar refractivity (Wildman–Crippen MR) is 70.6 cm³/mol. The van der Waals surface area contributed by atoms with Crippen molar-refractivity contribution in [1.29, 1.82) is 0 Å². The average molecular weight is 270 g/mol. The highest BCUT2D eigenvalue weighted by Crippen LogP contribution is 2.22. The second-order valence-electron chi connectivity index (χ2n) is 4.45. The summed E-state index contributed by atoms with van der Waals surface area (Å²) in [4.78, 5) is 0. The molecule has 0 aromatic rings. The number of halogens is 3. The van der Waals surface area contributed by atoms with Crippen LogP contribution in [0.25, 0.3) is 0 Å². The molecule has 0 saturated carbocycles. The van der Waals surface area contributed by atoms with E-state index in [9.17, 15) is 13.2 Å². The molecule has 0 spiro atoms. The standard InChI is InChI=1S/C13H25F3S/c1-2-3-4-5-6-7-8-11-17-12-9-10-13(14,15)16/h2-12H2,1H3. The van der Waals surface area contributed by atoms with Gasteiger partial charge in [-0.3, -0.25) is 0 Å². The van der Waals surface area contributed by atoms with Crippen molar-refractivity contribution in [2.45, 2.75) is 70.9 Å². The largest absolute Gasteiger partial charge is 0.389 e. The molecule has 17 heavy (non-hydrogen) atoms. The van der Waals surface area contributed by atoms with Crippen molar-refractivity contribution in [2.75, 3.05) is 11.5 Å². The van der Waals surface area contributed by atoms with E-state index in [4.69, 9.17) is 0 Å². The van der Waals surface area contributed by atoms with Gasteiger partial charge in [-0.25, -0.2) is 0 Å². The normalized spacial score (nSPS) is 12.0. The summed E-state index contributed by atoms with van der Waals surface area (Å²) in [7, 11) is 0. The van der Waals surface area contributed by atoms with Gasteiger partial charge in [0.05, 0.1) is 0 Å². The number of rotatable bonds is 11. The minimum absolute atomic E-state index is 0.269. The molecule has 0 atom stereocenters. The lowest BCUT2D eigenvalue weighted by molar-refractivity contribution is -0.134. The zero-order valence-electron chi connectivity index (χ0n) is 10.8. The van der Waals surface area contributed by atoms with Gasteiger partial charge in [0.2, 0.25) is 0 Å². The van der Waals surface area contributed by atoms with Gasteiger partial charge in [0.15, 0.2) is 0 Å². The van der Waals surface area contributed by atoms with Crippen LogP contribution in [0.3, 0.4) is 0 Å². The van der Waals surface area contributed by atoms with Crippen LogP contribution in [0.5, 0.6) is 0 Å². The zero-order chi connectivity index (χ0) is 13.0. The summed E-state index contributed by atoms with van der Waals surface area (Å²) in [5.74, 6) is 1.67. The third-order valence-corrected chi connectivity index (χ3v) is 3.80. The van der Waals surface area contributed by atoms with Crippen LogP contribution in [-0.4, -0.2) is 17.7 Å². The van der Waals surface area contributed by atoms with E-state index >= 15 is 0 Å². The van der Waals surface area contributed by atoms with Gasteiger partial charge in [0.25, 0.3) is 0 Å². The first-order chi connectivity index (χ1) is 8.06. The van der Waals surface area contributed by atoms with E-state index in [2.05, 4.69) is 6.92 Å². The van der Waals surface area contributed by atoms with Crippen LogP contribution < -0.4 is 0 Å². The Bertz CT molecular complexity index is 157.